The minimum absolute atomic E-state index is 0.218. The van der Waals surface area contributed by atoms with Crippen LogP contribution in [0, 0.1) is 12.7 Å². The number of nitrogens with zero attached hydrogens (tertiary/aromatic N) is 6. The summed E-state index contributed by atoms with van der Waals surface area (Å²) in [5, 5.41) is 9.55. The van der Waals surface area contributed by atoms with E-state index in [1.165, 1.54) is 13.2 Å². The second kappa shape index (κ2) is 12.5. The third-order valence-electron chi connectivity index (χ3n) is 8.39. The smallest absolute Gasteiger partial charge is 0.339 e. The average Bonchev–Trinajstić information content (AvgIpc) is 3.64. The van der Waals surface area contributed by atoms with Crippen molar-refractivity contribution in [3.8, 4) is 11.6 Å². The number of methoxy groups -OCH3 is 1. The number of anilines is 1. The Hall–Kier alpha value is -4.29. The SMILES string of the molecule is COC(=O)C(OC(C)(C)C)c1c(C)nc2cc3nn2c1N1CCC(C)(CC1)OCC=CCOc1c(F)cccc1Cc1cnn-3c1. The molecule has 46 heavy (non-hydrogen) atoms. The summed E-state index contributed by atoms with van der Waals surface area (Å²) >= 11 is 0. The molecule has 3 aliphatic heterocycles. The minimum atomic E-state index is -1.02. The van der Waals surface area contributed by atoms with E-state index in [0.717, 1.165) is 24.2 Å². The van der Waals surface area contributed by atoms with Crippen LogP contribution >= 0.6 is 0 Å². The van der Waals surface area contributed by atoms with E-state index >= 15 is 0 Å². The van der Waals surface area contributed by atoms with Gasteiger partial charge in [-0.15, -0.1) is 5.10 Å². The van der Waals surface area contributed by atoms with Crippen LogP contribution in [-0.4, -0.2) is 75.0 Å². The number of carbonyl (C=O) groups is 1. The van der Waals surface area contributed by atoms with E-state index in [1.54, 1.807) is 21.5 Å². The number of aromatic nitrogens is 5. The highest BCUT2D eigenvalue weighted by atomic mass is 19.1. The second-order valence-corrected chi connectivity index (χ2v) is 13.1. The molecule has 7 rings (SSSR count). The van der Waals surface area contributed by atoms with Gasteiger partial charge in [0.25, 0.3) is 0 Å². The number of halogens is 1. The number of para-hydroxylation sites is 1. The van der Waals surface area contributed by atoms with E-state index < -0.39 is 23.5 Å². The molecular weight excluding hydrogens is 591 g/mol. The Morgan fingerprint density at radius 2 is 1.91 bits per heavy atom. The van der Waals surface area contributed by atoms with Crippen LogP contribution in [0.1, 0.15) is 69.0 Å². The van der Waals surface area contributed by atoms with Crippen LogP contribution in [-0.2, 0) is 25.4 Å². The van der Waals surface area contributed by atoms with Crippen molar-refractivity contribution in [2.75, 3.05) is 38.3 Å². The number of fused-ring (bicyclic) bond motifs is 6. The normalized spacial score (nSPS) is 17.5. The van der Waals surface area contributed by atoms with E-state index in [0.29, 0.717) is 54.4 Å². The molecule has 0 radical (unpaired) electrons. The van der Waals surface area contributed by atoms with Crippen LogP contribution in [0.4, 0.5) is 10.2 Å². The molecular formula is C34H41FN6O5. The Morgan fingerprint density at radius 3 is 2.65 bits per heavy atom. The Kier molecular flexibility index (Phi) is 8.60. The summed E-state index contributed by atoms with van der Waals surface area (Å²) in [7, 11) is 1.36. The van der Waals surface area contributed by atoms with Crippen molar-refractivity contribution in [3.63, 3.8) is 0 Å². The zero-order chi connectivity index (χ0) is 32.6. The highest BCUT2D eigenvalue weighted by molar-refractivity contribution is 5.80. The van der Waals surface area contributed by atoms with Crippen molar-refractivity contribution in [2.45, 2.75) is 71.2 Å². The molecule has 0 spiro atoms. The van der Waals surface area contributed by atoms with Gasteiger partial charge in [-0.2, -0.15) is 9.61 Å². The molecule has 0 aliphatic carbocycles. The number of carbonyl (C=O) groups excluding carboxylic acids is 1. The van der Waals surface area contributed by atoms with Crippen LogP contribution in [0.3, 0.4) is 0 Å². The number of rotatable bonds is 3. The molecule has 1 fully saturated rings. The standard InChI is InChI=1S/C34H41FN6O5/c1-22-28(30(32(42)43-6)46-33(2,3)4)31-39-14-12-34(5,13-15-39)45-17-8-7-16-44-29-24(10-9-11-25(29)35)18-23-20-36-40(21-23)27-19-26(37-22)41(31)38-27/h7-11,19-21,30H,12-18H2,1-6H3. The Bertz CT molecular complexity index is 1770. The number of benzene rings is 1. The maximum absolute atomic E-state index is 14.8. The molecule has 12 heteroatoms. The summed E-state index contributed by atoms with van der Waals surface area (Å²) in [6.07, 6.45) is 8.22. The van der Waals surface area contributed by atoms with Crippen LogP contribution in [0.5, 0.6) is 5.75 Å². The zero-order valence-electron chi connectivity index (χ0n) is 27.2. The lowest BCUT2D eigenvalue weighted by atomic mass is 9.92. The second-order valence-electron chi connectivity index (χ2n) is 13.1. The zero-order valence-corrected chi connectivity index (χ0v) is 27.2. The van der Waals surface area contributed by atoms with E-state index in [1.807, 2.05) is 58.2 Å². The molecule has 6 bridgehead atoms. The van der Waals surface area contributed by atoms with Gasteiger partial charge in [-0.05, 0) is 65.2 Å². The van der Waals surface area contributed by atoms with Gasteiger partial charge in [0.2, 0.25) is 0 Å². The maximum atomic E-state index is 14.8. The van der Waals surface area contributed by atoms with E-state index in [-0.39, 0.29) is 18.0 Å². The van der Waals surface area contributed by atoms with Gasteiger partial charge in [0.1, 0.15) is 12.4 Å². The van der Waals surface area contributed by atoms with Gasteiger partial charge in [0.05, 0.1) is 36.7 Å². The number of aryl methyl sites for hydroxylation is 1. The third kappa shape index (κ3) is 6.50. The van der Waals surface area contributed by atoms with Gasteiger partial charge in [-0.3, -0.25) is 0 Å². The van der Waals surface area contributed by atoms with Crippen molar-refractivity contribution < 1.29 is 28.1 Å². The Labute approximate surface area is 267 Å². The summed E-state index contributed by atoms with van der Waals surface area (Å²) in [6, 6.07) is 6.78. The van der Waals surface area contributed by atoms with Gasteiger partial charge < -0.3 is 23.8 Å². The fourth-order valence-electron chi connectivity index (χ4n) is 6.01. The molecule has 1 aromatic carbocycles. The monoisotopic (exact) mass is 632 g/mol. The molecule has 1 saturated heterocycles. The Morgan fingerprint density at radius 1 is 1.15 bits per heavy atom. The summed E-state index contributed by atoms with van der Waals surface area (Å²) < 4.78 is 42.1. The highest BCUT2D eigenvalue weighted by Gasteiger charge is 2.38. The molecule has 1 unspecified atom stereocenters. The predicted molar refractivity (Wildman–Crippen MR) is 170 cm³/mol. The molecule has 6 heterocycles. The predicted octanol–water partition coefficient (Wildman–Crippen LogP) is 5.31. The fourth-order valence-corrected chi connectivity index (χ4v) is 6.01. The quantitative estimate of drug-likeness (QED) is 0.220. The summed E-state index contributed by atoms with van der Waals surface area (Å²) in [6.45, 7) is 11.6. The van der Waals surface area contributed by atoms with E-state index in [9.17, 15) is 9.18 Å². The summed E-state index contributed by atoms with van der Waals surface area (Å²) in [5.74, 6) is 0.559. The third-order valence-corrected chi connectivity index (χ3v) is 8.39. The van der Waals surface area contributed by atoms with Gasteiger partial charge in [-0.25, -0.2) is 18.9 Å². The molecule has 11 nitrogen and oxygen atoms in total. The average molecular weight is 633 g/mol. The van der Waals surface area contributed by atoms with Crippen molar-refractivity contribution in [3.05, 3.63) is 77.0 Å². The molecule has 244 valence electrons. The summed E-state index contributed by atoms with van der Waals surface area (Å²) in [4.78, 5) is 20.4. The van der Waals surface area contributed by atoms with E-state index in [4.69, 9.17) is 29.0 Å². The number of esters is 1. The van der Waals surface area contributed by atoms with Crippen molar-refractivity contribution >= 4 is 17.4 Å². The fraction of sp³-hybridized carbons (Fsp3) is 0.471. The lowest BCUT2D eigenvalue weighted by Gasteiger charge is -2.41. The van der Waals surface area contributed by atoms with Crippen LogP contribution in [0.15, 0.2) is 48.8 Å². The highest BCUT2D eigenvalue weighted by Crippen LogP contribution is 2.38. The topological polar surface area (TPSA) is 105 Å². The molecule has 0 N–H and O–H groups in total. The van der Waals surface area contributed by atoms with E-state index in [2.05, 4.69) is 16.9 Å². The lowest BCUT2D eigenvalue weighted by molar-refractivity contribution is -0.164. The van der Waals surface area contributed by atoms with Crippen molar-refractivity contribution in [1.29, 1.82) is 0 Å². The van der Waals surface area contributed by atoms with Gasteiger partial charge in [0, 0.05) is 43.0 Å². The van der Waals surface area contributed by atoms with Crippen LogP contribution in [0.25, 0.3) is 11.5 Å². The van der Waals surface area contributed by atoms with Crippen LogP contribution < -0.4 is 9.64 Å². The van der Waals surface area contributed by atoms with Gasteiger partial charge >= 0.3 is 5.97 Å². The first-order valence-corrected chi connectivity index (χ1v) is 15.6. The summed E-state index contributed by atoms with van der Waals surface area (Å²) in [5.41, 5.74) is 2.41. The van der Waals surface area contributed by atoms with Crippen molar-refractivity contribution in [2.24, 2.45) is 0 Å². The van der Waals surface area contributed by atoms with Crippen LogP contribution in [0.2, 0.25) is 0 Å². The first-order valence-electron chi connectivity index (χ1n) is 15.6. The number of hydrogen-bond donors (Lipinski definition) is 0. The maximum Gasteiger partial charge on any atom is 0.339 e. The minimum Gasteiger partial charge on any atom is -0.486 e. The van der Waals surface area contributed by atoms with Crippen molar-refractivity contribution in [1.82, 2.24) is 24.4 Å². The molecule has 3 aromatic heterocycles. The molecule has 0 saturated carbocycles. The molecule has 3 aliphatic rings. The molecule has 0 amide bonds. The first kappa shape index (κ1) is 31.7. The van der Waals surface area contributed by atoms with Gasteiger partial charge in [-0.1, -0.05) is 18.2 Å². The largest absolute Gasteiger partial charge is 0.486 e. The molecule has 4 aromatic rings. The number of ether oxygens (including phenoxy) is 4. The first-order chi connectivity index (χ1) is 21.9. The number of piperidine rings is 1. The number of hydrogen-bond acceptors (Lipinski definition) is 9. The Balaban J connectivity index is 1.50. The lowest BCUT2D eigenvalue weighted by Crippen LogP contribution is -2.45. The molecule has 1 atom stereocenters. The van der Waals surface area contributed by atoms with Gasteiger partial charge in [0.15, 0.2) is 29.1 Å².